The number of piperazine rings is 1. The number of sulfone groups is 1. The Kier molecular flexibility index (Phi) is 3.90. The van der Waals surface area contributed by atoms with E-state index in [4.69, 9.17) is 5.73 Å². The Hall–Kier alpha value is -1.18. The SMILES string of the molecule is NC1CS(=O)(=O)CC1N1CCN(c2ccccc2F)CC1. The Morgan fingerprint density at radius 3 is 2.33 bits per heavy atom. The van der Waals surface area contributed by atoms with Crippen LogP contribution in [-0.4, -0.2) is 63.1 Å². The molecule has 2 aliphatic rings. The van der Waals surface area contributed by atoms with E-state index in [9.17, 15) is 12.8 Å². The minimum atomic E-state index is -3.01. The highest BCUT2D eigenvalue weighted by Gasteiger charge is 2.39. The molecule has 2 atom stereocenters. The summed E-state index contributed by atoms with van der Waals surface area (Å²) in [6.45, 7) is 2.79. The van der Waals surface area contributed by atoms with Gasteiger partial charge >= 0.3 is 0 Å². The molecule has 2 N–H and O–H groups in total. The summed E-state index contributed by atoms with van der Waals surface area (Å²) >= 11 is 0. The molecule has 0 aromatic heterocycles. The molecule has 1 aromatic rings. The molecule has 116 valence electrons. The van der Waals surface area contributed by atoms with Crippen molar-refractivity contribution in [3.05, 3.63) is 30.1 Å². The number of nitrogens with two attached hydrogens (primary N) is 1. The van der Waals surface area contributed by atoms with Crippen LogP contribution in [0.4, 0.5) is 10.1 Å². The summed E-state index contributed by atoms with van der Waals surface area (Å²) in [7, 11) is -3.01. The molecule has 1 aromatic carbocycles. The fourth-order valence-corrected chi connectivity index (χ4v) is 5.16. The maximum Gasteiger partial charge on any atom is 0.153 e. The smallest absolute Gasteiger partial charge is 0.153 e. The van der Waals surface area contributed by atoms with E-state index in [0.29, 0.717) is 31.9 Å². The number of rotatable bonds is 2. The zero-order chi connectivity index (χ0) is 15.0. The molecule has 3 rings (SSSR count). The van der Waals surface area contributed by atoms with Crippen molar-refractivity contribution in [3.8, 4) is 0 Å². The number of hydrogen-bond acceptors (Lipinski definition) is 5. The summed E-state index contributed by atoms with van der Waals surface area (Å²) in [6, 6.07) is 6.33. The van der Waals surface area contributed by atoms with Crippen LogP contribution in [0.25, 0.3) is 0 Å². The second-order valence-electron chi connectivity index (χ2n) is 5.78. The molecule has 0 aliphatic carbocycles. The minimum Gasteiger partial charge on any atom is -0.367 e. The molecule has 2 heterocycles. The van der Waals surface area contributed by atoms with Crippen LogP contribution < -0.4 is 10.6 Å². The fourth-order valence-electron chi connectivity index (χ4n) is 3.23. The van der Waals surface area contributed by atoms with Gasteiger partial charge < -0.3 is 10.6 Å². The third kappa shape index (κ3) is 3.04. The van der Waals surface area contributed by atoms with Crippen molar-refractivity contribution in [2.24, 2.45) is 5.73 Å². The van der Waals surface area contributed by atoms with Crippen LogP contribution in [0.3, 0.4) is 0 Å². The zero-order valence-electron chi connectivity index (χ0n) is 11.8. The average Bonchev–Trinajstić information content (AvgIpc) is 2.73. The maximum atomic E-state index is 13.8. The van der Waals surface area contributed by atoms with Crippen molar-refractivity contribution in [1.82, 2.24) is 4.90 Å². The van der Waals surface area contributed by atoms with Gasteiger partial charge in [-0.3, -0.25) is 4.90 Å². The second-order valence-corrected chi connectivity index (χ2v) is 7.94. The van der Waals surface area contributed by atoms with Crippen LogP contribution in [0.2, 0.25) is 0 Å². The Morgan fingerprint density at radius 2 is 1.76 bits per heavy atom. The molecule has 2 unspecified atom stereocenters. The number of para-hydroxylation sites is 1. The topological polar surface area (TPSA) is 66.6 Å². The molecule has 0 amide bonds. The monoisotopic (exact) mass is 313 g/mol. The molecule has 2 aliphatic heterocycles. The van der Waals surface area contributed by atoms with Crippen LogP contribution in [-0.2, 0) is 9.84 Å². The predicted octanol–water partition coefficient (Wildman–Crippen LogP) is 0.0720. The maximum absolute atomic E-state index is 13.8. The molecule has 5 nitrogen and oxygen atoms in total. The minimum absolute atomic E-state index is 0.0746. The van der Waals surface area contributed by atoms with Gasteiger partial charge in [-0.1, -0.05) is 12.1 Å². The number of halogens is 1. The van der Waals surface area contributed by atoms with E-state index >= 15 is 0 Å². The Morgan fingerprint density at radius 1 is 1.10 bits per heavy atom. The third-order valence-corrected chi connectivity index (χ3v) is 6.08. The summed E-state index contributed by atoms with van der Waals surface area (Å²) in [5.41, 5.74) is 6.57. The second kappa shape index (κ2) is 5.55. The van der Waals surface area contributed by atoms with Crippen LogP contribution >= 0.6 is 0 Å². The van der Waals surface area contributed by atoms with Crippen LogP contribution in [0, 0.1) is 5.82 Å². The van der Waals surface area contributed by atoms with E-state index in [1.54, 1.807) is 12.1 Å². The lowest BCUT2D eigenvalue weighted by Crippen LogP contribution is -2.55. The lowest BCUT2D eigenvalue weighted by atomic mass is 10.1. The van der Waals surface area contributed by atoms with Gasteiger partial charge in [0.1, 0.15) is 5.82 Å². The first-order valence-corrected chi connectivity index (χ1v) is 8.98. The van der Waals surface area contributed by atoms with Gasteiger partial charge in [-0.05, 0) is 12.1 Å². The van der Waals surface area contributed by atoms with E-state index < -0.39 is 9.84 Å². The van der Waals surface area contributed by atoms with E-state index in [1.165, 1.54) is 6.07 Å². The Balaban J connectivity index is 1.65. The van der Waals surface area contributed by atoms with E-state index in [-0.39, 0.29) is 29.4 Å². The van der Waals surface area contributed by atoms with Gasteiger partial charge in [-0.2, -0.15) is 0 Å². The van der Waals surface area contributed by atoms with Crippen LogP contribution in [0.1, 0.15) is 0 Å². The van der Waals surface area contributed by atoms with Crippen molar-refractivity contribution < 1.29 is 12.8 Å². The largest absolute Gasteiger partial charge is 0.367 e. The summed E-state index contributed by atoms with van der Waals surface area (Å²) in [5.74, 6) is 0.00471. The van der Waals surface area contributed by atoms with Gasteiger partial charge in [0.25, 0.3) is 0 Å². The molecule has 0 radical (unpaired) electrons. The van der Waals surface area contributed by atoms with E-state index in [1.807, 2.05) is 11.0 Å². The molecule has 2 fully saturated rings. The van der Waals surface area contributed by atoms with Crippen molar-refractivity contribution in [3.63, 3.8) is 0 Å². The van der Waals surface area contributed by atoms with E-state index in [2.05, 4.69) is 4.90 Å². The van der Waals surface area contributed by atoms with E-state index in [0.717, 1.165) is 0 Å². The highest BCUT2D eigenvalue weighted by atomic mass is 32.2. The van der Waals surface area contributed by atoms with Gasteiger partial charge in [0, 0.05) is 38.3 Å². The highest BCUT2D eigenvalue weighted by molar-refractivity contribution is 7.91. The number of anilines is 1. The molecule has 0 spiro atoms. The van der Waals surface area contributed by atoms with Gasteiger partial charge in [-0.25, -0.2) is 12.8 Å². The third-order valence-electron chi connectivity index (χ3n) is 4.34. The van der Waals surface area contributed by atoms with Crippen LogP contribution in [0.5, 0.6) is 0 Å². The normalized spacial score (nSPS) is 29.7. The first-order chi connectivity index (χ1) is 9.96. The average molecular weight is 313 g/mol. The molecular formula is C14H20FN3O2S. The first-order valence-electron chi connectivity index (χ1n) is 7.16. The van der Waals surface area contributed by atoms with Crippen molar-refractivity contribution in [1.29, 1.82) is 0 Å². The van der Waals surface area contributed by atoms with Gasteiger partial charge in [0.05, 0.1) is 17.2 Å². The first kappa shape index (κ1) is 14.7. The lowest BCUT2D eigenvalue weighted by Gasteiger charge is -2.39. The molecule has 21 heavy (non-hydrogen) atoms. The number of benzene rings is 1. The van der Waals surface area contributed by atoms with Gasteiger partial charge in [0.2, 0.25) is 0 Å². The molecule has 7 heteroatoms. The van der Waals surface area contributed by atoms with Gasteiger partial charge in [0.15, 0.2) is 9.84 Å². The summed E-state index contributed by atoms with van der Waals surface area (Å²) < 4.78 is 37.1. The summed E-state index contributed by atoms with van der Waals surface area (Å²) in [6.07, 6.45) is 0. The molecule has 2 saturated heterocycles. The molecular weight excluding hydrogens is 293 g/mol. The predicted molar refractivity (Wildman–Crippen MR) is 80.6 cm³/mol. The molecule has 0 saturated carbocycles. The zero-order valence-corrected chi connectivity index (χ0v) is 12.6. The lowest BCUT2D eigenvalue weighted by molar-refractivity contribution is 0.187. The Bertz CT molecular complexity index is 614. The van der Waals surface area contributed by atoms with Gasteiger partial charge in [-0.15, -0.1) is 0 Å². The fraction of sp³-hybridized carbons (Fsp3) is 0.571. The van der Waals surface area contributed by atoms with Crippen LogP contribution in [0.15, 0.2) is 24.3 Å². The quantitative estimate of drug-likeness (QED) is 0.837. The summed E-state index contributed by atoms with van der Waals surface area (Å²) in [5, 5.41) is 0. The summed E-state index contributed by atoms with van der Waals surface area (Å²) in [4.78, 5) is 4.13. The standard InChI is InChI=1S/C14H20FN3O2S/c15-11-3-1-2-4-13(11)17-5-7-18(8-6-17)14-10-21(19,20)9-12(14)16/h1-4,12,14H,5-10,16H2. The van der Waals surface area contributed by atoms with Crippen molar-refractivity contribution >= 4 is 15.5 Å². The van der Waals surface area contributed by atoms with Crippen molar-refractivity contribution in [2.45, 2.75) is 12.1 Å². The number of nitrogens with zero attached hydrogens (tertiary/aromatic N) is 2. The van der Waals surface area contributed by atoms with Crippen molar-refractivity contribution in [2.75, 3.05) is 42.6 Å². The highest BCUT2D eigenvalue weighted by Crippen LogP contribution is 2.23. The Labute approximate surface area is 124 Å². The number of hydrogen-bond donors (Lipinski definition) is 1. The molecule has 0 bridgehead atoms.